The molecule has 15 heteroatoms. The van der Waals surface area contributed by atoms with Crippen LogP contribution in [0, 0.1) is 32.1 Å². The third-order valence-corrected chi connectivity index (χ3v) is 14.6. The number of benzene rings is 4. The highest BCUT2D eigenvalue weighted by Gasteiger charge is 2.30. The minimum absolute atomic E-state index is 0.285. The average molecular weight is 953 g/mol. The number of nitrogens with one attached hydrogen (secondary N) is 1. The molecule has 0 amide bonds. The van der Waals surface area contributed by atoms with Crippen LogP contribution in [0.25, 0.3) is 25.6 Å². The van der Waals surface area contributed by atoms with Crippen molar-refractivity contribution in [1.82, 2.24) is 24.7 Å². The quantitative estimate of drug-likeness (QED) is 0.0711. The van der Waals surface area contributed by atoms with Gasteiger partial charge in [-0.2, -0.15) is 15.0 Å². The smallest absolute Gasteiger partial charge is 0.213 e. The molecule has 0 fully saturated rings. The largest absolute Gasteiger partial charge is 0.338 e. The van der Waals surface area contributed by atoms with Crippen LogP contribution in [0.1, 0.15) is 98.7 Å². The van der Waals surface area contributed by atoms with Crippen LogP contribution < -0.4 is 10.2 Å². The lowest BCUT2D eigenvalue weighted by Crippen LogP contribution is -2.17. The van der Waals surface area contributed by atoms with Gasteiger partial charge in [-0.15, -0.1) is 48.1 Å². The van der Waals surface area contributed by atoms with Crippen LogP contribution in [0.3, 0.4) is 0 Å². The molecule has 1 N–H and O–H groups in total. The first-order chi connectivity index (χ1) is 31.1. The summed E-state index contributed by atoms with van der Waals surface area (Å²) in [4.78, 5) is 20.6. The van der Waals surface area contributed by atoms with Gasteiger partial charge in [0.2, 0.25) is 5.13 Å². The van der Waals surface area contributed by atoms with Crippen molar-refractivity contribution in [3.63, 3.8) is 0 Å². The molecule has 10 nitrogen and oxygen atoms in total. The fourth-order valence-electron chi connectivity index (χ4n) is 8.24. The molecule has 0 aliphatic heterocycles. The van der Waals surface area contributed by atoms with E-state index in [2.05, 4.69) is 113 Å². The fourth-order valence-corrected chi connectivity index (χ4v) is 11.1. The average Bonchev–Trinajstić information content (AvgIpc) is 3.99. The first kappa shape index (κ1) is 46.3. The molecule has 332 valence electrons. The molecule has 0 aliphatic carbocycles. The third kappa shape index (κ3) is 8.91. The van der Waals surface area contributed by atoms with Crippen LogP contribution in [0.15, 0.2) is 85.6 Å². The van der Waals surface area contributed by atoms with Crippen molar-refractivity contribution in [2.75, 3.05) is 10.2 Å². The maximum atomic E-state index is 10.8. The summed E-state index contributed by atoms with van der Waals surface area (Å²) in [6, 6.07) is 23.1. The van der Waals surface area contributed by atoms with Gasteiger partial charge in [0.25, 0.3) is 0 Å². The third-order valence-electron chi connectivity index (χ3n) is 11.5. The van der Waals surface area contributed by atoms with Crippen molar-refractivity contribution in [2.24, 2.45) is 10.2 Å². The van der Waals surface area contributed by atoms with Crippen LogP contribution in [-0.4, -0.2) is 24.7 Å². The molecule has 0 spiro atoms. The van der Waals surface area contributed by atoms with Crippen LogP contribution in [0.4, 0.5) is 39.6 Å². The van der Waals surface area contributed by atoms with Crippen molar-refractivity contribution in [3.8, 4) is 11.2 Å². The van der Waals surface area contributed by atoms with Gasteiger partial charge in [0, 0.05) is 25.8 Å². The number of thiazole rings is 2. The monoisotopic (exact) mass is 952 g/mol. The summed E-state index contributed by atoms with van der Waals surface area (Å²) in [6.07, 6.45) is 3.15. The highest BCUT2D eigenvalue weighted by molar-refractivity contribution is 7.80. The van der Waals surface area contributed by atoms with Gasteiger partial charge in [0.15, 0.2) is 16.8 Å². The maximum Gasteiger partial charge on any atom is 0.213 e. The van der Waals surface area contributed by atoms with E-state index in [1.807, 2.05) is 58.0 Å². The van der Waals surface area contributed by atoms with E-state index in [9.17, 15) is 5.26 Å². The predicted octanol–water partition coefficient (Wildman–Crippen LogP) is 15.3. The Hall–Kier alpha value is -5.24. The van der Waals surface area contributed by atoms with Crippen molar-refractivity contribution in [1.29, 1.82) is 5.26 Å². The lowest BCUT2D eigenvalue weighted by Gasteiger charge is -2.28. The van der Waals surface area contributed by atoms with E-state index in [0.717, 1.165) is 99.6 Å². The molecule has 0 saturated carbocycles. The summed E-state index contributed by atoms with van der Waals surface area (Å²) >= 11 is 17.3. The van der Waals surface area contributed by atoms with Crippen molar-refractivity contribution in [3.05, 3.63) is 111 Å². The summed E-state index contributed by atoms with van der Waals surface area (Å²) in [5, 5.41) is 30.9. The van der Waals surface area contributed by atoms with E-state index in [1.165, 1.54) is 28.0 Å². The standard InChI is InChI=1S/C50H52N10S5/c1-11-29-21-28(7)44(63)34(14-4)42(29)55-46-41(56-57-47-35(25-51)45(50(8,9)10)58-60(47)49-53-37-18-16-33(62)24-39(37)65-49)27(6)22-40(54-46)59(43-30(12-2)19-26(5)20-31(43)13-3)48-52-36-17-15-32(61)23-38(36)64-48/h15-24,61-63H,11-14H2,1-10H3,(H,54,55). The molecule has 0 saturated heterocycles. The molecule has 0 radical (unpaired) electrons. The molecular weight excluding hydrogens is 901 g/mol. The highest BCUT2D eigenvalue weighted by Crippen LogP contribution is 2.47. The second-order valence-corrected chi connectivity index (χ2v) is 20.7. The SMILES string of the molecule is CCc1cc(C)c(S)c(CC)c1Nc1nc(N(c2nc3ccc(S)cc3s2)c2c(CC)cc(C)cc2CC)cc(C)c1N=Nc1c(C#N)c(C(C)(C)C)nn1-c1nc2ccc(S)cc2s1. The second-order valence-electron chi connectivity index (χ2n) is 17.2. The first-order valence-corrected chi connectivity index (χ1v) is 24.7. The lowest BCUT2D eigenvalue weighted by atomic mass is 9.90. The van der Waals surface area contributed by atoms with Crippen LogP contribution in [0.5, 0.6) is 0 Å². The Morgan fingerprint density at radius 1 is 0.754 bits per heavy atom. The number of pyridine rings is 1. The summed E-state index contributed by atoms with van der Waals surface area (Å²) in [7, 11) is 0. The van der Waals surface area contributed by atoms with Gasteiger partial charge < -0.3 is 5.32 Å². The minimum Gasteiger partial charge on any atom is -0.338 e. The molecule has 0 unspecified atom stereocenters. The van der Waals surface area contributed by atoms with E-state index >= 15 is 0 Å². The normalized spacial score (nSPS) is 11.9. The highest BCUT2D eigenvalue weighted by atomic mass is 32.1. The Bertz CT molecular complexity index is 3190. The first-order valence-electron chi connectivity index (χ1n) is 21.8. The molecule has 0 atom stereocenters. The van der Waals surface area contributed by atoms with Crippen molar-refractivity contribution >= 4 is 121 Å². The number of hydrogen-bond donors (Lipinski definition) is 4. The summed E-state index contributed by atoms with van der Waals surface area (Å²) in [5.41, 5.74) is 12.4. The van der Waals surface area contributed by atoms with Gasteiger partial charge in [0.1, 0.15) is 23.1 Å². The van der Waals surface area contributed by atoms with Crippen LogP contribution in [0.2, 0.25) is 0 Å². The van der Waals surface area contributed by atoms with Crippen LogP contribution in [-0.2, 0) is 31.1 Å². The molecule has 4 aromatic heterocycles. The Morgan fingerprint density at radius 3 is 1.98 bits per heavy atom. The zero-order valence-electron chi connectivity index (χ0n) is 38.3. The van der Waals surface area contributed by atoms with Gasteiger partial charge in [0.05, 0.1) is 31.8 Å². The molecule has 65 heavy (non-hydrogen) atoms. The number of aromatic nitrogens is 5. The molecular formula is C50H52N10S5. The van der Waals surface area contributed by atoms with Crippen LogP contribution >= 0.6 is 60.6 Å². The fraction of sp³-hybridized carbons (Fsp3) is 0.300. The number of azo groups is 1. The van der Waals surface area contributed by atoms with Gasteiger partial charge in [-0.3, -0.25) is 4.90 Å². The van der Waals surface area contributed by atoms with Crippen molar-refractivity contribution in [2.45, 2.75) is 115 Å². The predicted molar refractivity (Wildman–Crippen MR) is 280 cm³/mol. The van der Waals surface area contributed by atoms with E-state index in [4.69, 9.17) is 42.9 Å². The topological polar surface area (TPSA) is 120 Å². The Morgan fingerprint density at radius 2 is 1.38 bits per heavy atom. The zero-order chi connectivity index (χ0) is 46.5. The number of nitrogens with zero attached hydrogens (tertiary/aromatic N) is 9. The number of hydrogen-bond acceptors (Lipinski definition) is 14. The van der Waals surface area contributed by atoms with E-state index in [-0.39, 0.29) is 5.82 Å². The molecule has 4 heterocycles. The Balaban J connectivity index is 1.41. The molecule has 8 rings (SSSR count). The number of nitriles is 1. The van der Waals surface area contributed by atoms with Gasteiger partial charge in [-0.05, 0) is 122 Å². The summed E-state index contributed by atoms with van der Waals surface area (Å²) < 4.78 is 3.62. The van der Waals surface area contributed by atoms with Gasteiger partial charge in [-0.1, -0.05) is 94.9 Å². The molecule has 4 aromatic carbocycles. The number of rotatable bonds is 12. The Kier molecular flexibility index (Phi) is 13.2. The van der Waals surface area contributed by atoms with Crippen molar-refractivity contribution < 1.29 is 0 Å². The molecule has 8 aromatic rings. The van der Waals surface area contributed by atoms with Gasteiger partial charge >= 0.3 is 0 Å². The summed E-state index contributed by atoms with van der Waals surface area (Å²) in [5.74, 6) is 1.46. The van der Waals surface area contributed by atoms with E-state index < -0.39 is 5.41 Å². The second kappa shape index (κ2) is 18.6. The Labute approximate surface area is 405 Å². The van der Waals surface area contributed by atoms with E-state index in [0.29, 0.717) is 33.7 Å². The number of fused-ring (bicyclic) bond motifs is 2. The maximum absolute atomic E-state index is 10.8. The number of thiol groups is 3. The summed E-state index contributed by atoms with van der Waals surface area (Å²) in [6.45, 7) is 21.1. The zero-order valence-corrected chi connectivity index (χ0v) is 42.6. The number of anilines is 5. The van der Waals surface area contributed by atoms with E-state index in [1.54, 1.807) is 16.0 Å². The van der Waals surface area contributed by atoms with Gasteiger partial charge in [-0.25, -0.2) is 15.0 Å². The molecule has 0 aliphatic rings. The molecule has 0 bridgehead atoms. The number of aryl methyl sites for hydroxylation is 6. The lowest BCUT2D eigenvalue weighted by molar-refractivity contribution is 0.559. The minimum atomic E-state index is -0.478.